The van der Waals surface area contributed by atoms with Gasteiger partial charge in [-0.1, -0.05) is 47.6 Å². The van der Waals surface area contributed by atoms with Crippen LogP contribution < -0.4 is 4.50 Å². The van der Waals surface area contributed by atoms with E-state index in [4.69, 9.17) is 0 Å². The molecule has 0 aliphatic carbocycles. The summed E-state index contributed by atoms with van der Waals surface area (Å²) in [6.45, 7) is 14.6. The predicted molar refractivity (Wildman–Crippen MR) is 87.7 cm³/mol. The van der Waals surface area contributed by atoms with Crippen LogP contribution in [0.5, 0.6) is 0 Å². The maximum Gasteiger partial charge on any atom is 0.107 e. The minimum atomic E-state index is -1.37. The zero-order valence-corrected chi connectivity index (χ0v) is 15.1. The molecule has 0 N–H and O–H groups in total. The van der Waals surface area contributed by atoms with Gasteiger partial charge in [0.15, 0.2) is 0 Å². The molecule has 0 saturated carbocycles. The van der Waals surface area contributed by atoms with Crippen LogP contribution in [-0.4, -0.2) is 8.07 Å². The van der Waals surface area contributed by atoms with Crippen molar-refractivity contribution in [3.8, 4) is 0 Å². The van der Waals surface area contributed by atoms with Gasteiger partial charge in [-0.25, -0.2) is 0 Å². The van der Waals surface area contributed by atoms with E-state index in [0.29, 0.717) is 0 Å². The quantitative estimate of drug-likeness (QED) is 0.505. The smallest absolute Gasteiger partial charge is 0.107 e. The third kappa shape index (κ3) is 2.41. The summed E-state index contributed by atoms with van der Waals surface area (Å²) in [6.07, 6.45) is 0. The van der Waals surface area contributed by atoms with Crippen LogP contribution >= 0.6 is 33.9 Å². The van der Waals surface area contributed by atoms with Gasteiger partial charge in [0.2, 0.25) is 0 Å². The molecule has 0 aromatic carbocycles. The highest BCUT2D eigenvalue weighted by atomic mass is 127. The van der Waals surface area contributed by atoms with Crippen molar-refractivity contribution in [1.82, 2.24) is 0 Å². The molecule has 0 radical (unpaired) electrons. The summed E-state index contributed by atoms with van der Waals surface area (Å²) >= 11 is 4.48. The molecule has 0 nitrogen and oxygen atoms in total. The second-order valence-electron chi connectivity index (χ2n) is 5.50. The predicted octanol–water partition coefficient (Wildman–Crippen LogP) is 5.24. The monoisotopic (exact) mass is 366 g/mol. The second-order valence-corrected chi connectivity index (χ2v) is 14.7. The molecule has 0 spiro atoms. The number of hydrogen-bond acceptors (Lipinski definition) is 1. The maximum absolute atomic E-state index is 2.45. The third-order valence-electron chi connectivity index (χ3n) is 3.87. The molecule has 1 aromatic rings. The summed E-state index contributed by atoms with van der Waals surface area (Å²) in [5.74, 6) is 0. The van der Waals surface area contributed by atoms with Gasteiger partial charge < -0.3 is 0 Å². The van der Waals surface area contributed by atoms with E-state index < -0.39 is 8.07 Å². The Hall–Kier alpha value is 0.647. The van der Waals surface area contributed by atoms with Gasteiger partial charge in [-0.2, -0.15) is 0 Å². The molecule has 0 aliphatic rings. The largest absolute Gasteiger partial charge is 0.139 e. The average molecular weight is 366 g/mol. The summed E-state index contributed by atoms with van der Waals surface area (Å²) in [4.78, 5) is 0. The van der Waals surface area contributed by atoms with Gasteiger partial charge in [-0.3, -0.25) is 0 Å². The molecule has 0 saturated heterocycles. The van der Waals surface area contributed by atoms with E-state index >= 15 is 0 Å². The van der Waals surface area contributed by atoms with Crippen LogP contribution in [0.3, 0.4) is 0 Å². The molecule has 0 amide bonds. The lowest BCUT2D eigenvalue weighted by Gasteiger charge is -2.42. The van der Waals surface area contributed by atoms with Crippen LogP contribution in [0.1, 0.15) is 41.5 Å². The first kappa shape index (κ1) is 14.7. The van der Waals surface area contributed by atoms with Crippen molar-refractivity contribution in [2.24, 2.45) is 0 Å². The Morgan fingerprint density at radius 1 is 0.938 bits per heavy atom. The van der Waals surface area contributed by atoms with Gasteiger partial charge in [0, 0.05) is 0 Å². The first-order valence-corrected chi connectivity index (χ1v) is 10.2. The van der Waals surface area contributed by atoms with E-state index in [1.165, 1.54) is 2.88 Å². The molecule has 1 rings (SSSR count). The summed E-state index contributed by atoms with van der Waals surface area (Å²) in [5.41, 5.74) is 2.46. The molecule has 0 bridgehead atoms. The van der Waals surface area contributed by atoms with Crippen LogP contribution in [0.15, 0.2) is 12.1 Å². The van der Waals surface area contributed by atoms with Crippen LogP contribution in [0.25, 0.3) is 0 Å². The van der Waals surface area contributed by atoms with E-state index in [1.807, 2.05) is 11.3 Å². The Kier molecular flexibility index (Phi) is 5.08. The van der Waals surface area contributed by atoms with Crippen molar-refractivity contribution >= 4 is 46.5 Å². The fraction of sp³-hybridized carbons (Fsp3) is 0.692. The zero-order valence-electron chi connectivity index (χ0n) is 11.2. The molecular formula is C13H23ISSi. The molecular weight excluding hydrogens is 343 g/mol. The second kappa shape index (κ2) is 5.53. The van der Waals surface area contributed by atoms with Crippen LogP contribution in [0.4, 0.5) is 0 Å². The van der Waals surface area contributed by atoms with Gasteiger partial charge in [-0.15, -0.1) is 11.3 Å². The van der Waals surface area contributed by atoms with Crippen molar-refractivity contribution in [3.63, 3.8) is 0 Å². The highest BCUT2D eigenvalue weighted by Crippen LogP contribution is 2.42. The summed E-state index contributed by atoms with van der Waals surface area (Å²) in [5, 5.41) is 0. The molecule has 0 aliphatic heterocycles. The third-order valence-corrected chi connectivity index (χ3v) is 13.7. The van der Waals surface area contributed by atoms with Gasteiger partial charge in [0.25, 0.3) is 0 Å². The highest BCUT2D eigenvalue weighted by molar-refractivity contribution is 14.1. The van der Waals surface area contributed by atoms with E-state index in [1.54, 1.807) is 4.50 Å². The van der Waals surface area contributed by atoms with Crippen LogP contribution in [0, 0.1) is 2.88 Å². The Morgan fingerprint density at radius 3 is 1.62 bits per heavy atom. The molecule has 1 heterocycles. The average Bonchev–Trinajstić information content (AvgIpc) is 2.50. The minimum absolute atomic E-state index is 0.821. The number of thiophene rings is 1. The first-order chi connectivity index (χ1) is 7.33. The summed E-state index contributed by atoms with van der Waals surface area (Å²) < 4.78 is 3.14. The van der Waals surface area contributed by atoms with E-state index in [9.17, 15) is 0 Å². The maximum atomic E-state index is 2.45. The van der Waals surface area contributed by atoms with Crippen LogP contribution in [-0.2, 0) is 0 Å². The number of rotatable bonds is 4. The SMILES string of the molecule is CC(C)[Si](c1ccc(I)s1)(C(C)C)C(C)C. The van der Waals surface area contributed by atoms with Gasteiger partial charge in [0.05, 0.1) is 2.88 Å². The van der Waals surface area contributed by atoms with Crippen LogP contribution in [0.2, 0.25) is 16.6 Å². The van der Waals surface area contributed by atoms with E-state index in [2.05, 4.69) is 76.3 Å². The highest BCUT2D eigenvalue weighted by Gasteiger charge is 2.45. The molecule has 0 unspecified atom stereocenters. The van der Waals surface area contributed by atoms with Crippen molar-refractivity contribution < 1.29 is 0 Å². The van der Waals surface area contributed by atoms with Gasteiger partial charge in [0.1, 0.15) is 8.07 Å². The lowest BCUT2D eigenvalue weighted by Crippen LogP contribution is -2.54. The molecule has 16 heavy (non-hydrogen) atoms. The standard InChI is InChI=1S/C13H23ISSi/c1-9(2)16(10(3)4,11(5)6)13-8-7-12(14)15-13/h7-11H,1-6H3. The molecule has 0 atom stereocenters. The number of hydrogen-bond donors (Lipinski definition) is 0. The molecule has 3 heteroatoms. The number of halogens is 1. The topological polar surface area (TPSA) is 0 Å². The Morgan fingerprint density at radius 2 is 1.38 bits per heavy atom. The fourth-order valence-electron chi connectivity index (χ4n) is 3.40. The van der Waals surface area contributed by atoms with Gasteiger partial charge >= 0.3 is 0 Å². The normalized spacial score (nSPS) is 13.1. The first-order valence-electron chi connectivity index (χ1n) is 6.09. The zero-order chi connectivity index (χ0) is 12.5. The van der Waals surface area contributed by atoms with Crippen molar-refractivity contribution in [1.29, 1.82) is 0 Å². The lowest BCUT2D eigenvalue weighted by molar-refractivity contribution is 0.837. The molecule has 0 fully saturated rings. The van der Waals surface area contributed by atoms with Gasteiger partial charge in [-0.05, 0) is 49.8 Å². The minimum Gasteiger partial charge on any atom is -0.139 e. The fourth-order valence-corrected chi connectivity index (χ4v) is 14.6. The van der Waals surface area contributed by atoms with Crippen molar-refractivity contribution in [3.05, 3.63) is 15.0 Å². The Bertz CT molecular complexity index is 320. The Balaban J connectivity index is 3.33. The Labute approximate surface area is 119 Å². The lowest BCUT2D eigenvalue weighted by atomic mass is 10.5. The summed E-state index contributed by atoms with van der Waals surface area (Å²) in [7, 11) is -1.37. The van der Waals surface area contributed by atoms with Crippen molar-refractivity contribution in [2.45, 2.75) is 58.2 Å². The van der Waals surface area contributed by atoms with E-state index in [0.717, 1.165) is 16.6 Å². The molecule has 92 valence electrons. The van der Waals surface area contributed by atoms with E-state index in [-0.39, 0.29) is 0 Å². The molecule has 1 aromatic heterocycles. The van der Waals surface area contributed by atoms with Crippen molar-refractivity contribution in [2.75, 3.05) is 0 Å². The summed E-state index contributed by atoms with van der Waals surface area (Å²) in [6, 6.07) is 4.69.